The second-order valence-corrected chi connectivity index (χ2v) is 12.4. The van der Waals surface area contributed by atoms with E-state index in [2.05, 4.69) is 188 Å². The number of thioether (sulfide) groups is 1. The van der Waals surface area contributed by atoms with Gasteiger partial charge >= 0.3 is 0 Å². The first kappa shape index (κ1) is 32.4. The predicted octanol–water partition coefficient (Wildman–Crippen LogP) is 12.7. The van der Waals surface area contributed by atoms with E-state index < -0.39 is 0 Å². The van der Waals surface area contributed by atoms with Gasteiger partial charge in [0.1, 0.15) is 0 Å². The molecule has 48 heavy (non-hydrogen) atoms. The third-order valence-electron chi connectivity index (χ3n) is 8.37. The summed E-state index contributed by atoms with van der Waals surface area (Å²) < 4.78 is 0. The van der Waals surface area contributed by atoms with Gasteiger partial charge in [-0.3, -0.25) is 0 Å². The minimum absolute atomic E-state index is 0.0317. The Hall–Kier alpha value is -5.51. The molecule has 1 aliphatic rings. The topological polar surface area (TPSA) is 15.3 Å². The SMILES string of the molecule is C=C/C=C\C=C\Sc1c(CC)ccc2c1N(c1ccc(C(Nc3cccc(-c4ccccc4)c3)c3ccccc3)cc1)/C=C\C=C/C2=C. The van der Waals surface area contributed by atoms with Crippen molar-refractivity contribution in [3.8, 4) is 11.1 Å². The molecule has 5 aromatic carbocycles. The van der Waals surface area contributed by atoms with Crippen molar-refractivity contribution in [1.82, 2.24) is 0 Å². The molecule has 1 aliphatic heterocycles. The molecule has 1 unspecified atom stereocenters. The maximum atomic E-state index is 4.43. The van der Waals surface area contributed by atoms with Crippen molar-refractivity contribution in [2.75, 3.05) is 10.2 Å². The molecule has 0 fully saturated rings. The first-order valence-electron chi connectivity index (χ1n) is 16.3. The van der Waals surface area contributed by atoms with Gasteiger partial charge in [0.25, 0.3) is 0 Å². The van der Waals surface area contributed by atoms with E-state index in [4.69, 9.17) is 0 Å². The van der Waals surface area contributed by atoms with Crippen molar-refractivity contribution in [1.29, 1.82) is 0 Å². The van der Waals surface area contributed by atoms with Gasteiger partial charge < -0.3 is 10.2 Å². The first-order chi connectivity index (χ1) is 23.7. The number of rotatable bonds is 11. The van der Waals surface area contributed by atoms with Crippen LogP contribution in [0.25, 0.3) is 16.7 Å². The van der Waals surface area contributed by atoms with E-state index in [1.807, 2.05) is 12.2 Å². The average molecular weight is 641 g/mol. The standard InChI is InChI=1S/C45H40N2S/c1-4-6-7-16-32-48-45-35(5-2)27-30-42-34(3)18-14-15-31-47(44(42)45)41-28-25-38(26-29-41)43(37-21-12-9-13-22-37)46-40-24-17-23-39(33-40)36-19-10-8-11-20-36/h4,6-33,43,46H,1,3,5H2,2H3/b7-6-,18-14-,31-15-,32-16+. The molecule has 1 N–H and O–H groups in total. The Bertz CT molecular complexity index is 1980. The van der Waals surface area contributed by atoms with Crippen LogP contribution in [0.5, 0.6) is 0 Å². The van der Waals surface area contributed by atoms with Crippen molar-refractivity contribution >= 4 is 34.4 Å². The van der Waals surface area contributed by atoms with Crippen LogP contribution >= 0.6 is 11.8 Å². The number of hydrogen-bond donors (Lipinski definition) is 1. The summed E-state index contributed by atoms with van der Waals surface area (Å²) >= 11 is 1.74. The molecule has 0 aliphatic carbocycles. The van der Waals surface area contributed by atoms with Crippen molar-refractivity contribution < 1.29 is 0 Å². The molecule has 0 aromatic heterocycles. The molecule has 5 aromatic rings. The second-order valence-electron chi connectivity index (χ2n) is 11.5. The maximum Gasteiger partial charge on any atom is 0.0767 e. The molecule has 236 valence electrons. The summed E-state index contributed by atoms with van der Waals surface area (Å²) in [6.07, 6.45) is 17.1. The maximum absolute atomic E-state index is 4.43. The summed E-state index contributed by atoms with van der Waals surface area (Å²) in [6, 6.07) is 43.2. The second kappa shape index (κ2) is 15.9. The molecule has 0 saturated heterocycles. The molecule has 0 spiro atoms. The van der Waals surface area contributed by atoms with Gasteiger partial charge in [0, 0.05) is 28.0 Å². The quantitative estimate of drug-likeness (QED) is 0.114. The Morgan fingerprint density at radius 2 is 1.48 bits per heavy atom. The van der Waals surface area contributed by atoms with Crippen LogP contribution in [-0.2, 0) is 6.42 Å². The molecular weight excluding hydrogens is 601 g/mol. The third kappa shape index (κ3) is 7.54. The monoisotopic (exact) mass is 640 g/mol. The van der Waals surface area contributed by atoms with E-state index in [0.717, 1.165) is 34.6 Å². The van der Waals surface area contributed by atoms with E-state index in [1.54, 1.807) is 17.8 Å². The Morgan fingerprint density at radius 3 is 2.23 bits per heavy atom. The molecule has 0 saturated carbocycles. The minimum Gasteiger partial charge on any atom is -0.374 e. The molecule has 0 amide bonds. The van der Waals surface area contributed by atoms with Crippen LogP contribution in [-0.4, -0.2) is 0 Å². The van der Waals surface area contributed by atoms with E-state index in [0.29, 0.717) is 0 Å². The lowest BCUT2D eigenvalue weighted by molar-refractivity contribution is 0.939. The van der Waals surface area contributed by atoms with Crippen LogP contribution in [0.15, 0.2) is 194 Å². The van der Waals surface area contributed by atoms with Gasteiger partial charge in [-0.05, 0) is 75.6 Å². The van der Waals surface area contributed by atoms with E-state index in [-0.39, 0.29) is 6.04 Å². The number of nitrogens with zero attached hydrogens (tertiary/aromatic N) is 1. The van der Waals surface area contributed by atoms with Gasteiger partial charge in [0.15, 0.2) is 0 Å². The normalized spacial score (nSPS) is 14.7. The Morgan fingerprint density at radius 1 is 0.750 bits per heavy atom. The van der Waals surface area contributed by atoms with Crippen LogP contribution in [0.3, 0.4) is 0 Å². The summed E-state index contributed by atoms with van der Waals surface area (Å²) in [4.78, 5) is 3.53. The zero-order chi connectivity index (χ0) is 33.1. The fraction of sp³-hybridized carbons (Fsp3) is 0.0667. The van der Waals surface area contributed by atoms with E-state index in [1.165, 1.54) is 32.7 Å². The van der Waals surface area contributed by atoms with Gasteiger partial charge in [-0.1, -0.05) is 165 Å². The van der Waals surface area contributed by atoms with Gasteiger partial charge in [-0.25, -0.2) is 0 Å². The molecule has 2 nitrogen and oxygen atoms in total. The molecule has 6 rings (SSSR count). The summed E-state index contributed by atoms with van der Waals surface area (Å²) in [7, 11) is 0. The Labute approximate surface area is 289 Å². The van der Waals surface area contributed by atoms with Gasteiger partial charge in [-0.2, -0.15) is 0 Å². The van der Waals surface area contributed by atoms with E-state index >= 15 is 0 Å². The number of hydrogen-bond acceptors (Lipinski definition) is 3. The summed E-state index contributed by atoms with van der Waals surface area (Å²) in [5, 5.41) is 5.99. The van der Waals surface area contributed by atoms with Crippen molar-refractivity contribution in [3.63, 3.8) is 0 Å². The lowest BCUT2D eigenvalue weighted by atomic mass is 9.96. The highest BCUT2D eigenvalue weighted by Gasteiger charge is 2.22. The molecular formula is C45H40N2S. The lowest BCUT2D eigenvalue weighted by Crippen LogP contribution is -2.15. The minimum atomic E-state index is -0.0317. The van der Waals surface area contributed by atoms with Crippen LogP contribution in [0.2, 0.25) is 0 Å². The molecule has 1 heterocycles. The number of nitrogens with one attached hydrogen (secondary N) is 1. The number of benzene rings is 5. The lowest BCUT2D eigenvalue weighted by Gasteiger charge is -2.29. The summed E-state index contributed by atoms with van der Waals surface area (Å²) in [5.74, 6) is 0. The fourth-order valence-electron chi connectivity index (χ4n) is 5.92. The summed E-state index contributed by atoms with van der Waals surface area (Å²) in [6.45, 7) is 10.4. The molecule has 1 atom stereocenters. The summed E-state index contributed by atoms with van der Waals surface area (Å²) in [5.41, 5.74) is 11.5. The van der Waals surface area contributed by atoms with Crippen LogP contribution in [0, 0.1) is 0 Å². The highest BCUT2D eigenvalue weighted by molar-refractivity contribution is 8.02. The number of fused-ring (bicyclic) bond motifs is 1. The van der Waals surface area contributed by atoms with Gasteiger partial charge in [-0.15, -0.1) is 0 Å². The predicted molar refractivity (Wildman–Crippen MR) is 210 cm³/mol. The number of allylic oxidation sites excluding steroid dienone is 8. The zero-order valence-corrected chi connectivity index (χ0v) is 28.1. The Balaban J connectivity index is 1.38. The molecule has 0 bridgehead atoms. The van der Waals surface area contributed by atoms with Crippen molar-refractivity contribution in [2.24, 2.45) is 0 Å². The highest BCUT2D eigenvalue weighted by Crippen LogP contribution is 2.44. The Kier molecular flexibility index (Phi) is 10.7. The fourth-order valence-corrected chi connectivity index (χ4v) is 6.91. The van der Waals surface area contributed by atoms with Crippen LogP contribution < -0.4 is 10.2 Å². The molecule has 0 radical (unpaired) electrons. The van der Waals surface area contributed by atoms with Crippen LogP contribution in [0.4, 0.5) is 17.1 Å². The van der Waals surface area contributed by atoms with Crippen molar-refractivity contribution in [3.05, 3.63) is 211 Å². The van der Waals surface area contributed by atoms with Gasteiger partial charge in [0.05, 0.1) is 11.7 Å². The third-order valence-corrected chi connectivity index (χ3v) is 9.35. The van der Waals surface area contributed by atoms with Gasteiger partial charge in [0.2, 0.25) is 0 Å². The first-order valence-corrected chi connectivity index (χ1v) is 17.2. The van der Waals surface area contributed by atoms with E-state index in [9.17, 15) is 0 Å². The molecule has 3 heteroatoms. The largest absolute Gasteiger partial charge is 0.374 e. The zero-order valence-electron chi connectivity index (χ0n) is 27.3. The van der Waals surface area contributed by atoms with Crippen molar-refractivity contribution in [2.45, 2.75) is 24.3 Å². The number of anilines is 3. The number of aryl methyl sites for hydroxylation is 1. The smallest absolute Gasteiger partial charge is 0.0767 e. The average Bonchev–Trinajstić information content (AvgIpc) is 3.14. The highest BCUT2D eigenvalue weighted by atomic mass is 32.2. The van der Waals surface area contributed by atoms with Crippen LogP contribution in [0.1, 0.15) is 35.2 Å².